The summed E-state index contributed by atoms with van der Waals surface area (Å²) in [5.74, 6) is -0.308. The lowest BCUT2D eigenvalue weighted by molar-refractivity contribution is -0.138. The molecule has 1 heterocycles. The van der Waals surface area contributed by atoms with Crippen LogP contribution in [0.15, 0.2) is 30.3 Å². The number of rotatable bonds is 5. The van der Waals surface area contributed by atoms with Gasteiger partial charge >= 0.3 is 0 Å². The lowest BCUT2D eigenvalue weighted by Crippen LogP contribution is -2.51. The molecule has 1 fully saturated rings. The van der Waals surface area contributed by atoms with Crippen LogP contribution in [0.1, 0.15) is 25.8 Å². The number of hydrogen-bond donors (Lipinski definition) is 2. The first-order chi connectivity index (χ1) is 11.8. The fourth-order valence-corrected chi connectivity index (χ4v) is 2.81. The zero-order valence-electron chi connectivity index (χ0n) is 14.8. The maximum Gasteiger partial charge on any atom is 0.244 e. The van der Waals surface area contributed by atoms with Gasteiger partial charge in [0.05, 0.1) is 0 Å². The van der Waals surface area contributed by atoms with E-state index in [1.165, 1.54) is 6.92 Å². The van der Waals surface area contributed by atoms with E-state index < -0.39 is 5.54 Å². The van der Waals surface area contributed by atoms with E-state index in [9.17, 15) is 14.4 Å². The van der Waals surface area contributed by atoms with Crippen LogP contribution < -0.4 is 11.1 Å². The normalized spacial score (nSPS) is 16.9. The van der Waals surface area contributed by atoms with E-state index in [1.54, 1.807) is 28.9 Å². The Hall–Kier alpha value is -2.41. The number of carbonyl (C=O) groups excluding carboxylic acids is 3. The number of carbonyl (C=O) groups is 3. The molecule has 1 unspecified atom stereocenters. The van der Waals surface area contributed by atoms with Gasteiger partial charge in [-0.15, -0.1) is 0 Å². The number of hydrogen-bond acceptors (Lipinski definition) is 4. The number of benzene rings is 1. The largest absolute Gasteiger partial charge is 0.354 e. The maximum atomic E-state index is 12.3. The first kappa shape index (κ1) is 18.9. The van der Waals surface area contributed by atoms with Crippen molar-refractivity contribution in [3.05, 3.63) is 35.9 Å². The summed E-state index contributed by atoms with van der Waals surface area (Å²) in [5, 5.41) is 2.74. The van der Waals surface area contributed by atoms with Gasteiger partial charge in [0.2, 0.25) is 17.7 Å². The molecule has 1 aromatic carbocycles. The second kappa shape index (κ2) is 8.11. The Morgan fingerprint density at radius 3 is 2.20 bits per heavy atom. The summed E-state index contributed by atoms with van der Waals surface area (Å²) >= 11 is 0. The van der Waals surface area contributed by atoms with Gasteiger partial charge in [0, 0.05) is 46.1 Å². The van der Waals surface area contributed by atoms with Gasteiger partial charge in [0.15, 0.2) is 0 Å². The van der Waals surface area contributed by atoms with Gasteiger partial charge in [-0.2, -0.15) is 0 Å². The monoisotopic (exact) mass is 346 g/mol. The fraction of sp³-hybridized carbons (Fsp3) is 0.500. The standard InChI is InChI=1S/C18H26N4O3/c1-14(23)21-10-12-22(13-11-21)16(24)8-9-20-17(25)18(2,19)15-6-4-3-5-7-15/h3-7H,8-13,19H2,1-2H3,(H,20,25). The quantitative estimate of drug-likeness (QED) is 0.788. The van der Waals surface area contributed by atoms with Crippen LogP contribution in [0.4, 0.5) is 0 Å². The summed E-state index contributed by atoms with van der Waals surface area (Å²) in [4.78, 5) is 39.3. The van der Waals surface area contributed by atoms with Crippen molar-refractivity contribution in [1.82, 2.24) is 15.1 Å². The smallest absolute Gasteiger partial charge is 0.244 e. The molecule has 1 saturated heterocycles. The molecule has 0 radical (unpaired) electrons. The molecular formula is C18H26N4O3. The van der Waals surface area contributed by atoms with Crippen LogP contribution in [0.5, 0.6) is 0 Å². The zero-order chi connectivity index (χ0) is 18.4. The van der Waals surface area contributed by atoms with Gasteiger partial charge < -0.3 is 20.9 Å². The fourth-order valence-electron chi connectivity index (χ4n) is 2.81. The summed E-state index contributed by atoms with van der Waals surface area (Å²) in [6.45, 7) is 5.61. The molecule has 0 saturated carbocycles. The molecule has 7 heteroatoms. The van der Waals surface area contributed by atoms with E-state index >= 15 is 0 Å². The van der Waals surface area contributed by atoms with Crippen LogP contribution in [0.25, 0.3) is 0 Å². The van der Waals surface area contributed by atoms with Crippen LogP contribution in [-0.4, -0.2) is 60.2 Å². The van der Waals surface area contributed by atoms with Gasteiger partial charge in [-0.3, -0.25) is 14.4 Å². The predicted octanol–water partition coefficient (Wildman–Crippen LogP) is 0.0575. The first-order valence-corrected chi connectivity index (χ1v) is 8.48. The van der Waals surface area contributed by atoms with Crippen molar-refractivity contribution in [2.24, 2.45) is 5.73 Å². The van der Waals surface area contributed by atoms with E-state index in [4.69, 9.17) is 5.73 Å². The highest BCUT2D eigenvalue weighted by molar-refractivity contribution is 5.87. The number of nitrogens with zero attached hydrogens (tertiary/aromatic N) is 2. The van der Waals surface area contributed by atoms with Gasteiger partial charge in [-0.1, -0.05) is 30.3 Å². The van der Waals surface area contributed by atoms with Crippen molar-refractivity contribution >= 4 is 17.7 Å². The highest BCUT2D eigenvalue weighted by Gasteiger charge is 2.30. The lowest BCUT2D eigenvalue weighted by Gasteiger charge is -2.34. The van der Waals surface area contributed by atoms with E-state index in [2.05, 4.69) is 5.32 Å². The molecule has 2 rings (SSSR count). The summed E-state index contributed by atoms with van der Waals surface area (Å²) in [5.41, 5.74) is 5.72. The molecule has 1 aliphatic rings. The third-order valence-corrected chi connectivity index (χ3v) is 4.55. The topological polar surface area (TPSA) is 95.7 Å². The molecule has 0 spiro atoms. The van der Waals surface area contributed by atoms with E-state index in [-0.39, 0.29) is 30.7 Å². The molecule has 0 aromatic heterocycles. The summed E-state index contributed by atoms with van der Waals surface area (Å²) < 4.78 is 0. The van der Waals surface area contributed by atoms with E-state index in [1.807, 2.05) is 18.2 Å². The number of nitrogens with two attached hydrogens (primary N) is 1. The molecule has 0 bridgehead atoms. The molecule has 3 amide bonds. The highest BCUT2D eigenvalue weighted by atomic mass is 16.2. The van der Waals surface area contributed by atoms with Crippen LogP contribution in [0.3, 0.4) is 0 Å². The van der Waals surface area contributed by atoms with Crippen molar-refractivity contribution in [2.45, 2.75) is 25.8 Å². The van der Waals surface area contributed by atoms with Gasteiger partial charge in [0.25, 0.3) is 0 Å². The average molecular weight is 346 g/mol. The minimum atomic E-state index is -1.14. The molecule has 0 aliphatic carbocycles. The van der Waals surface area contributed by atoms with Gasteiger partial charge in [-0.25, -0.2) is 0 Å². The first-order valence-electron chi connectivity index (χ1n) is 8.48. The zero-order valence-corrected chi connectivity index (χ0v) is 14.8. The number of nitrogens with one attached hydrogen (secondary N) is 1. The molecule has 1 aromatic rings. The second-order valence-corrected chi connectivity index (χ2v) is 6.46. The molecule has 1 aliphatic heterocycles. The van der Waals surface area contributed by atoms with Crippen molar-refractivity contribution in [1.29, 1.82) is 0 Å². The second-order valence-electron chi connectivity index (χ2n) is 6.46. The predicted molar refractivity (Wildman–Crippen MR) is 94.4 cm³/mol. The van der Waals surface area contributed by atoms with Gasteiger partial charge in [-0.05, 0) is 12.5 Å². The third kappa shape index (κ3) is 4.79. The Balaban J connectivity index is 1.77. The van der Waals surface area contributed by atoms with E-state index in [0.29, 0.717) is 26.2 Å². The Bertz CT molecular complexity index is 622. The van der Waals surface area contributed by atoms with Crippen molar-refractivity contribution in [2.75, 3.05) is 32.7 Å². The van der Waals surface area contributed by atoms with Crippen LogP contribution in [0.2, 0.25) is 0 Å². The summed E-state index contributed by atoms with van der Waals surface area (Å²) in [7, 11) is 0. The lowest BCUT2D eigenvalue weighted by atomic mass is 9.92. The summed E-state index contributed by atoms with van der Waals surface area (Å²) in [6, 6.07) is 9.14. The number of piperazine rings is 1. The Kier molecular flexibility index (Phi) is 6.14. The molecule has 1 atom stereocenters. The molecule has 7 nitrogen and oxygen atoms in total. The summed E-state index contributed by atoms with van der Waals surface area (Å²) in [6.07, 6.45) is 0.219. The molecule has 3 N–H and O–H groups in total. The Morgan fingerprint density at radius 1 is 1.08 bits per heavy atom. The molecular weight excluding hydrogens is 320 g/mol. The van der Waals surface area contributed by atoms with Gasteiger partial charge in [0.1, 0.15) is 5.54 Å². The molecule has 136 valence electrons. The van der Waals surface area contributed by atoms with Crippen LogP contribution >= 0.6 is 0 Å². The van der Waals surface area contributed by atoms with Crippen molar-refractivity contribution < 1.29 is 14.4 Å². The van der Waals surface area contributed by atoms with E-state index in [0.717, 1.165) is 5.56 Å². The third-order valence-electron chi connectivity index (χ3n) is 4.55. The van der Waals surface area contributed by atoms with Crippen molar-refractivity contribution in [3.63, 3.8) is 0 Å². The minimum Gasteiger partial charge on any atom is -0.354 e. The molecule has 25 heavy (non-hydrogen) atoms. The Labute approximate surface area is 148 Å². The minimum absolute atomic E-state index is 0.0260. The van der Waals surface area contributed by atoms with Crippen molar-refractivity contribution in [3.8, 4) is 0 Å². The highest BCUT2D eigenvalue weighted by Crippen LogP contribution is 2.17. The average Bonchev–Trinajstić information content (AvgIpc) is 2.62. The number of amides is 3. The van der Waals surface area contributed by atoms with Crippen LogP contribution in [-0.2, 0) is 19.9 Å². The van der Waals surface area contributed by atoms with Crippen LogP contribution in [0, 0.1) is 0 Å². The SMILES string of the molecule is CC(=O)N1CCN(C(=O)CCNC(=O)C(C)(N)c2ccccc2)CC1. The Morgan fingerprint density at radius 2 is 1.64 bits per heavy atom. The maximum absolute atomic E-state index is 12.3.